The van der Waals surface area contributed by atoms with Crippen molar-refractivity contribution in [2.24, 2.45) is 5.41 Å². The highest BCUT2D eigenvalue weighted by atomic mass is 16.5. The fourth-order valence-electron chi connectivity index (χ4n) is 2.74. The normalized spacial score (nSPS) is 21.9. The highest BCUT2D eigenvalue weighted by Crippen LogP contribution is 2.27. The molecule has 21 heavy (non-hydrogen) atoms. The second-order valence-corrected chi connectivity index (χ2v) is 6.23. The molecule has 0 radical (unpaired) electrons. The van der Waals surface area contributed by atoms with Gasteiger partial charge in [-0.3, -0.25) is 4.79 Å². The van der Waals surface area contributed by atoms with Crippen molar-refractivity contribution in [2.75, 3.05) is 33.3 Å². The van der Waals surface area contributed by atoms with Gasteiger partial charge in [-0.05, 0) is 45.4 Å². The number of amides is 1. The number of aryl methyl sites for hydroxylation is 1. The highest BCUT2D eigenvalue weighted by molar-refractivity contribution is 5.82. The van der Waals surface area contributed by atoms with Crippen LogP contribution in [0.1, 0.15) is 25.3 Å². The summed E-state index contributed by atoms with van der Waals surface area (Å²) in [6.07, 6.45) is 2.03. The molecule has 2 rings (SSSR count). The first-order valence-corrected chi connectivity index (χ1v) is 7.67. The minimum Gasteiger partial charge on any atom is -0.492 e. The third-order valence-corrected chi connectivity index (χ3v) is 4.18. The minimum atomic E-state index is -0.267. The van der Waals surface area contributed by atoms with E-state index in [0.717, 1.165) is 31.7 Å². The Morgan fingerprint density at radius 3 is 2.71 bits per heavy atom. The molecule has 1 fully saturated rings. The van der Waals surface area contributed by atoms with Crippen molar-refractivity contribution in [3.05, 3.63) is 29.8 Å². The Morgan fingerprint density at radius 2 is 2.10 bits per heavy atom. The number of nitrogens with zero attached hydrogens (tertiary/aromatic N) is 1. The van der Waals surface area contributed by atoms with Crippen LogP contribution in [0.25, 0.3) is 0 Å². The molecule has 0 bridgehead atoms. The number of piperidine rings is 1. The Bertz CT molecular complexity index is 464. The molecule has 1 aliphatic rings. The molecular weight excluding hydrogens is 264 g/mol. The molecule has 4 nitrogen and oxygen atoms in total. The van der Waals surface area contributed by atoms with E-state index < -0.39 is 0 Å². The van der Waals surface area contributed by atoms with Crippen LogP contribution in [0.4, 0.5) is 0 Å². The summed E-state index contributed by atoms with van der Waals surface area (Å²) in [6.45, 7) is 7.03. The Morgan fingerprint density at radius 1 is 1.38 bits per heavy atom. The topological polar surface area (TPSA) is 41.6 Å². The summed E-state index contributed by atoms with van der Waals surface area (Å²) in [4.78, 5) is 14.3. The van der Waals surface area contributed by atoms with E-state index in [0.29, 0.717) is 13.2 Å². The predicted octanol–water partition coefficient (Wildman–Crippen LogP) is 2.22. The number of carbonyl (C=O) groups excluding carboxylic acids is 1. The van der Waals surface area contributed by atoms with Crippen LogP contribution in [0.15, 0.2) is 24.3 Å². The summed E-state index contributed by atoms with van der Waals surface area (Å²) in [7, 11) is 1.86. The molecule has 1 N–H and O–H groups in total. The van der Waals surface area contributed by atoms with Crippen LogP contribution >= 0.6 is 0 Å². The third-order valence-electron chi connectivity index (χ3n) is 4.18. The van der Waals surface area contributed by atoms with Crippen LogP contribution in [0, 0.1) is 12.3 Å². The highest BCUT2D eigenvalue weighted by Gasteiger charge is 2.36. The second-order valence-electron chi connectivity index (χ2n) is 6.23. The van der Waals surface area contributed by atoms with Gasteiger partial charge in [-0.2, -0.15) is 0 Å². The van der Waals surface area contributed by atoms with Gasteiger partial charge in [0, 0.05) is 13.6 Å². The van der Waals surface area contributed by atoms with Crippen molar-refractivity contribution in [3.63, 3.8) is 0 Å². The molecule has 0 aromatic heterocycles. The third kappa shape index (κ3) is 4.21. The van der Waals surface area contributed by atoms with Crippen molar-refractivity contribution in [1.82, 2.24) is 10.2 Å². The van der Waals surface area contributed by atoms with Crippen molar-refractivity contribution in [2.45, 2.75) is 26.7 Å². The number of benzene rings is 1. The lowest BCUT2D eigenvalue weighted by Crippen LogP contribution is -2.49. The molecule has 0 aliphatic carbocycles. The molecule has 1 heterocycles. The molecule has 4 heteroatoms. The molecule has 1 saturated heterocycles. The van der Waals surface area contributed by atoms with E-state index in [1.807, 2.05) is 31.3 Å². The molecule has 1 aromatic rings. The number of likely N-dealkylation sites (N-methyl/N-ethyl adjacent to an activating group) is 1. The first-order valence-electron chi connectivity index (χ1n) is 7.67. The SMILES string of the molecule is Cc1ccc(OCCN(C)C(=O)C2(C)CCCNC2)cc1. The van der Waals surface area contributed by atoms with Crippen molar-refractivity contribution >= 4 is 5.91 Å². The Labute approximate surface area is 127 Å². The predicted molar refractivity (Wildman–Crippen MR) is 84.5 cm³/mol. The zero-order valence-electron chi connectivity index (χ0n) is 13.3. The van der Waals surface area contributed by atoms with Crippen LogP contribution in [0.2, 0.25) is 0 Å². The largest absolute Gasteiger partial charge is 0.492 e. The number of ether oxygens (including phenoxy) is 1. The molecule has 1 unspecified atom stereocenters. The van der Waals surface area contributed by atoms with Gasteiger partial charge >= 0.3 is 0 Å². The first-order chi connectivity index (χ1) is 10.0. The summed E-state index contributed by atoms with van der Waals surface area (Å²) >= 11 is 0. The van der Waals surface area contributed by atoms with E-state index >= 15 is 0 Å². The van der Waals surface area contributed by atoms with Gasteiger partial charge in [0.1, 0.15) is 12.4 Å². The molecular formula is C17H26N2O2. The molecule has 1 atom stereocenters. The van der Waals surface area contributed by atoms with Crippen molar-refractivity contribution in [1.29, 1.82) is 0 Å². The standard InChI is InChI=1S/C17H26N2O2/c1-14-5-7-15(8-6-14)21-12-11-19(3)16(20)17(2)9-4-10-18-13-17/h5-8,18H,4,9-13H2,1-3H3. The van der Waals surface area contributed by atoms with E-state index in [-0.39, 0.29) is 11.3 Å². The lowest BCUT2D eigenvalue weighted by molar-refractivity contribution is -0.141. The molecule has 0 spiro atoms. The quantitative estimate of drug-likeness (QED) is 0.904. The van der Waals surface area contributed by atoms with Crippen LogP contribution in [0.5, 0.6) is 5.75 Å². The summed E-state index contributed by atoms with van der Waals surface area (Å²) in [5.41, 5.74) is 0.948. The van der Waals surface area contributed by atoms with Crippen molar-refractivity contribution < 1.29 is 9.53 Å². The van der Waals surface area contributed by atoms with Gasteiger partial charge in [0.25, 0.3) is 0 Å². The Kier molecular flexibility index (Phi) is 5.23. The Hall–Kier alpha value is -1.55. The van der Waals surface area contributed by atoms with Gasteiger partial charge in [-0.15, -0.1) is 0 Å². The van der Waals surface area contributed by atoms with Gasteiger partial charge < -0.3 is 15.0 Å². The van der Waals surface area contributed by atoms with E-state index in [4.69, 9.17) is 4.74 Å². The van der Waals surface area contributed by atoms with E-state index in [1.54, 1.807) is 4.90 Å². The number of hydrogen-bond acceptors (Lipinski definition) is 3. The maximum absolute atomic E-state index is 12.5. The second kappa shape index (κ2) is 6.94. The van der Waals surface area contributed by atoms with Crippen LogP contribution in [-0.2, 0) is 4.79 Å². The van der Waals surface area contributed by atoms with E-state index in [1.165, 1.54) is 5.56 Å². The average molecular weight is 290 g/mol. The zero-order chi connectivity index (χ0) is 15.3. The van der Waals surface area contributed by atoms with Crippen LogP contribution in [-0.4, -0.2) is 44.1 Å². The average Bonchev–Trinajstić information content (AvgIpc) is 2.49. The lowest BCUT2D eigenvalue weighted by Gasteiger charge is -2.36. The van der Waals surface area contributed by atoms with Gasteiger partial charge in [-0.1, -0.05) is 17.7 Å². The van der Waals surface area contributed by atoms with Gasteiger partial charge in [0.15, 0.2) is 0 Å². The molecule has 0 saturated carbocycles. The number of carbonyl (C=O) groups is 1. The number of nitrogens with one attached hydrogen (secondary N) is 1. The van der Waals surface area contributed by atoms with E-state index in [9.17, 15) is 4.79 Å². The fourth-order valence-corrected chi connectivity index (χ4v) is 2.74. The monoisotopic (exact) mass is 290 g/mol. The lowest BCUT2D eigenvalue weighted by atomic mass is 9.81. The summed E-state index contributed by atoms with van der Waals surface area (Å²) in [6, 6.07) is 7.98. The smallest absolute Gasteiger partial charge is 0.229 e. The van der Waals surface area contributed by atoms with Gasteiger partial charge in [0.05, 0.1) is 12.0 Å². The molecule has 116 valence electrons. The molecule has 1 aliphatic heterocycles. The van der Waals surface area contributed by atoms with E-state index in [2.05, 4.69) is 19.2 Å². The van der Waals surface area contributed by atoms with Gasteiger partial charge in [-0.25, -0.2) is 0 Å². The maximum Gasteiger partial charge on any atom is 0.229 e. The first kappa shape index (κ1) is 15.8. The summed E-state index contributed by atoms with van der Waals surface area (Å²) in [5, 5.41) is 3.32. The fraction of sp³-hybridized carbons (Fsp3) is 0.588. The molecule has 1 amide bonds. The summed E-state index contributed by atoms with van der Waals surface area (Å²) < 4.78 is 5.69. The maximum atomic E-state index is 12.5. The summed E-state index contributed by atoms with van der Waals surface area (Å²) in [5.74, 6) is 1.06. The van der Waals surface area contributed by atoms with Crippen molar-refractivity contribution in [3.8, 4) is 5.75 Å². The van der Waals surface area contributed by atoms with Gasteiger partial charge in [0.2, 0.25) is 5.91 Å². The zero-order valence-corrected chi connectivity index (χ0v) is 13.3. The minimum absolute atomic E-state index is 0.210. The number of rotatable bonds is 5. The molecule has 1 aromatic carbocycles. The van der Waals surface area contributed by atoms with Crippen LogP contribution < -0.4 is 10.1 Å². The number of hydrogen-bond donors (Lipinski definition) is 1. The Balaban J connectivity index is 1.79. The van der Waals surface area contributed by atoms with Crippen LogP contribution in [0.3, 0.4) is 0 Å².